The lowest BCUT2D eigenvalue weighted by atomic mass is 9.99. The molecule has 0 unspecified atom stereocenters. The number of hydrogen-bond acceptors (Lipinski definition) is 1. The average Bonchev–Trinajstić information content (AvgIpc) is 2.97. The van der Waals surface area contributed by atoms with Gasteiger partial charge < -0.3 is 0 Å². The minimum absolute atomic E-state index is 1.04. The van der Waals surface area contributed by atoms with Crippen LogP contribution in [-0.4, -0.2) is 9.38 Å². The Hall–Kier alpha value is -2.87. The molecule has 5 aromatic rings. The number of aryl methyl sites for hydroxylation is 1. The molecule has 0 radical (unpaired) electrons. The number of aromatic nitrogens is 2. The molecule has 0 N–H and O–H groups in total. The molecule has 0 atom stereocenters. The number of pyridine rings is 1. The fraction of sp³-hybridized carbons (Fsp3) is 0.0500. The van der Waals surface area contributed by atoms with Crippen LogP contribution >= 0.6 is 0 Å². The zero-order chi connectivity index (χ0) is 14.7. The van der Waals surface area contributed by atoms with E-state index in [1.165, 1.54) is 38.1 Å². The molecule has 0 fully saturated rings. The molecule has 2 aromatic heterocycles. The van der Waals surface area contributed by atoms with Crippen LogP contribution in [-0.2, 0) is 0 Å². The smallest absolute Gasteiger partial charge is 0.145 e. The number of fused-ring (bicyclic) bond motifs is 8. The Morgan fingerprint density at radius 3 is 2.45 bits per heavy atom. The Morgan fingerprint density at radius 1 is 0.773 bits per heavy atom. The number of imidazole rings is 1. The SMILES string of the molecule is Cc1cnc2c3ccc4ccccc4c3c3ccccc3n12. The highest BCUT2D eigenvalue weighted by Gasteiger charge is 2.12. The summed E-state index contributed by atoms with van der Waals surface area (Å²) in [5.74, 6) is 0. The van der Waals surface area contributed by atoms with Crippen molar-refractivity contribution in [2.24, 2.45) is 0 Å². The summed E-state index contributed by atoms with van der Waals surface area (Å²) in [5.41, 5.74) is 3.43. The quantitative estimate of drug-likeness (QED) is 0.361. The van der Waals surface area contributed by atoms with Crippen LogP contribution in [0.3, 0.4) is 0 Å². The second-order valence-corrected chi connectivity index (χ2v) is 5.79. The van der Waals surface area contributed by atoms with Gasteiger partial charge in [-0.15, -0.1) is 0 Å². The lowest BCUT2D eigenvalue weighted by Gasteiger charge is -2.11. The molecule has 3 aromatic carbocycles. The van der Waals surface area contributed by atoms with Crippen molar-refractivity contribution in [3.8, 4) is 0 Å². The van der Waals surface area contributed by atoms with E-state index in [1.807, 2.05) is 6.20 Å². The normalized spacial score (nSPS) is 11.9. The third kappa shape index (κ3) is 1.37. The molecule has 0 amide bonds. The first-order valence-corrected chi connectivity index (χ1v) is 7.51. The van der Waals surface area contributed by atoms with Crippen LogP contribution in [0.2, 0.25) is 0 Å². The first-order valence-electron chi connectivity index (χ1n) is 7.51. The van der Waals surface area contributed by atoms with Crippen molar-refractivity contribution in [3.05, 3.63) is 72.6 Å². The standard InChI is InChI=1S/C20H14N2/c1-13-12-21-20-17-11-10-14-6-2-3-7-15(14)19(17)16-8-4-5-9-18(16)22(13)20/h2-12H,1H3. The predicted octanol–water partition coefficient (Wildman–Crippen LogP) is 5.10. The zero-order valence-electron chi connectivity index (χ0n) is 12.2. The molecule has 104 valence electrons. The minimum Gasteiger partial charge on any atom is -0.296 e. The van der Waals surface area contributed by atoms with E-state index in [9.17, 15) is 0 Å². The molecule has 0 aliphatic heterocycles. The Morgan fingerprint density at radius 2 is 1.55 bits per heavy atom. The van der Waals surface area contributed by atoms with E-state index in [4.69, 9.17) is 0 Å². The topological polar surface area (TPSA) is 17.3 Å². The zero-order valence-corrected chi connectivity index (χ0v) is 12.2. The van der Waals surface area contributed by atoms with Gasteiger partial charge >= 0.3 is 0 Å². The van der Waals surface area contributed by atoms with Crippen molar-refractivity contribution < 1.29 is 0 Å². The lowest BCUT2D eigenvalue weighted by Crippen LogP contribution is -1.93. The van der Waals surface area contributed by atoms with E-state index in [0.29, 0.717) is 0 Å². The molecule has 2 heteroatoms. The van der Waals surface area contributed by atoms with E-state index >= 15 is 0 Å². The average molecular weight is 282 g/mol. The van der Waals surface area contributed by atoms with Crippen LogP contribution in [0.15, 0.2) is 66.9 Å². The molecule has 2 nitrogen and oxygen atoms in total. The summed E-state index contributed by atoms with van der Waals surface area (Å²) in [6.45, 7) is 2.11. The second kappa shape index (κ2) is 4.08. The largest absolute Gasteiger partial charge is 0.296 e. The van der Waals surface area contributed by atoms with Crippen LogP contribution in [0.25, 0.3) is 38.1 Å². The van der Waals surface area contributed by atoms with Crippen molar-refractivity contribution in [2.75, 3.05) is 0 Å². The van der Waals surface area contributed by atoms with Crippen molar-refractivity contribution in [1.82, 2.24) is 9.38 Å². The highest BCUT2D eigenvalue weighted by atomic mass is 15.0. The van der Waals surface area contributed by atoms with Crippen molar-refractivity contribution >= 4 is 38.1 Å². The van der Waals surface area contributed by atoms with Gasteiger partial charge in [-0.2, -0.15) is 0 Å². The van der Waals surface area contributed by atoms with Gasteiger partial charge in [0.15, 0.2) is 0 Å². The number of hydrogen-bond donors (Lipinski definition) is 0. The molecular weight excluding hydrogens is 268 g/mol. The van der Waals surface area contributed by atoms with Crippen LogP contribution in [0.4, 0.5) is 0 Å². The Kier molecular flexibility index (Phi) is 2.18. The van der Waals surface area contributed by atoms with E-state index < -0.39 is 0 Å². The van der Waals surface area contributed by atoms with E-state index in [-0.39, 0.29) is 0 Å². The molecule has 0 saturated carbocycles. The first-order chi connectivity index (χ1) is 10.8. The molecule has 0 spiro atoms. The van der Waals surface area contributed by atoms with Crippen molar-refractivity contribution in [2.45, 2.75) is 6.92 Å². The fourth-order valence-corrected chi connectivity index (χ4v) is 3.56. The Bertz CT molecular complexity index is 1180. The van der Waals surface area contributed by atoms with Crippen molar-refractivity contribution in [3.63, 3.8) is 0 Å². The van der Waals surface area contributed by atoms with E-state index in [2.05, 4.69) is 77.0 Å². The van der Waals surface area contributed by atoms with Crippen LogP contribution in [0, 0.1) is 6.92 Å². The molecule has 2 heterocycles. The number of nitrogens with zero attached hydrogens (tertiary/aromatic N) is 2. The van der Waals surface area contributed by atoms with Gasteiger partial charge in [0.05, 0.1) is 5.52 Å². The van der Waals surface area contributed by atoms with Gasteiger partial charge in [-0.25, -0.2) is 4.98 Å². The van der Waals surface area contributed by atoms with Gasteiger partial charge in [0.1, 0.15) is 5.65 Å². The van der Waals surface area contributed by atoms with Gasteiger partial charge in [-0.1, -0.05) is 48.5 Å². The summed E-state index contributed by atoms with van der Waals surface area (Å²) in [4.78, 5) is 4.67. The lowest BCUT2D eigenvalue weighted by molar-refractivity contribution is 1.17. The maximum Gasteiger partial charge on any atom is 0.145 e. The van der Waals surface area contributed by atoms with Gasteiger partial charge in [-0.3, -0.25) is 4.40 Å². The molecule has 0 aliphatic carbocycles. The Labute approximate surface area is 127 Å². The maximum atomic E-state index is 4.67. The van der Waals surface area contributed by atoms with Crippen LogP contribution in [0.5, 0.6) is 0 Å². The fourth-order valence-electron chi connectivity index (χ4n) is 3.56. The summed E-state index contributed by atoms with van der Waals surface area (Å²) in [6.07, 6.45) is 1.95. The van der Waals surface area contributed by atoms with Gasteiger partial charge in [-0.05, 0) is 29.8 Å². The molecule has 0 aliphatic rings. The van der Waals surface area contributed by atoms with Gasteiger partial charge in [0.25, 0.3) is 0 Å². The van der Waals surface area contributed by atoms with Gasteiger partial charge in [0.2, 0.25) is 0 Å². The second-order valence-electron chi connectivity index (χ2n) is 5.79. The maximum absolute atomic E-state index is 4.67. The summed E-state index contributed by atoms with van der Waals surface area (Å²) < 4.78 is 2.26. The summed E-state index contributed by atoms with van der Waals surface area (Å²) in [6, 6.07) is 21.6. The number of rotatable bonds is 0. The molecular formula is C20H14N2. The van der Waals surface area contributed by atoms with Crippen molar-refractivity contribution in [1.29, 1.82) is 0 Å². The Balaban J connectivity index is 2.24. The molecule has 5 rings (SSSR count). The molecule has 0 saturated heterocycles. The van der Waals surface area contributed by atoms with E-state index in [0.717, 1.165) is 5.65 Å². The first kappa shape index (κ1) is 11.8. The third-order valence-electron chi connectivity index (χ3n) is 4.52. The summed E-state index contributed by atoms with van der Waals surface area (Å²) >= 11 is 0. The van der Waals surface area contributed by atoms with Crippen LogP contribution < -0.4 is 0 Å². The molecule has 0 bridgehead atoms. The van der Waals surface area contributed by atoms with Gasteiger partial charge in [0, 0.05) is 28.0 Å². The summed E-state index contributed by atoms with van der Waals surface area (Å²) in [7, 11) is 0. The third-order valence-corrected chi connectivity index (χ3v) is 4.52. The highest BCUT2D eigenvalue weighted by molar-refractivity contribution is 6.22. The highest BCUT2D eigenvalue weighted by Crippen LogP contribution is 2.34. The predicted molar refractivity (Wildman–Crippen MR) is 92.4 cm³/mol. The van der Waals surface area contributed by atoms with E-state index in [1.54, 1.807) is 0 Å². The monoisotopic (exact) mass is 282 g/mol. The van der Waals surface area contributed by atoms with Crippen LogP contribution in [0.1, 0.15) is 5.69 Å². The minimum atomic E-state index is 1.04. The molecule has 22 heavy (non-hydrogen) atoms. The number of para-hydroxylation sites is 1. The summed E-state index contributed by atoms with van der Waals surface area (Å²) in [5, 5.41) is 6.35. The number of benzene rings is 3.